The summed E-state index contributed by atoms with van der Waals surface area (Å²) >= 11 is 1.50. The molecule has 0 bridgehead atoms. The quantitative estimate of drug-likeness (QED) is 0.399. The van der Waals surface area contributed by atoms with Gasteiger partial charge < -0.3 is 29.9 Å². The lowest BCUT2D eigenvalue weighted by Gasteiger charge is -2.46. The van der Waals surface area contributed by atoms with Crippen LogP contribution in [0.25, 0.3) is 11.5 Å². The summed E-state index contributed by atoms with van der Waals surface area (Å²) in [6.07, 6.45) is 8.90. The zero-order valence-electron chi connectivity index (χ0n) is 26.9. The van der Waals surface area contributed by atoms with Crippen LogP contribution in [0.1, 0.15) is 67.3 Å². The molecule has 3 aromatic heterocycles. The molecule has 1 atom stereocenters. The SMILES string of the molecule is C=CC(=O)N1CCN(c2cc(-c3noc(C4(C)CCCc5sc(N)c(C#N)c54)n3)nc(N3CCC4(CCN(C)CC4)CC3)c2)CC1. The van der Waals surface area contributed by atoms with E-state index in [1.54, 1.807) is 0 Å². The van der Waals surface area contributed by atoms with Gasteiger partial charge in [-0.3, -0.25) is 4.79 Å². The third-order valence-electron chi connectivity index (χ3n) is 11.0. The zero-order chi connectivity index (χ0) is 32.1. The van der Waals surface area contributed by atoms with Crippen LogP contribution in [0.2, 0.25) is 0 Å². The number of anilines is 3. The molecule has 0 aromatic carbocycles. The number of nitrogens with zero attached hydrogens (tertiary/aromatic N) is 8. The van der Waals surface area contributed by atoms with E-state index in [4.69, 9.17) is 20.2 Å². The summed E-state index contributed by atoms with van der Waals surface area (Å²) in [5, 5.41) is 15.0. The molecule has 1 amide bonds. The highest BCUT2D eigenvalue weighted by atomic mass is 32.1. The van der Waals surface area contributed by atoms with Gasteiger partial charge in [0.25, 0.3) is 0 Å². The van der Waals surface area contributed by atoms with Crippen molar-refractivity contribution in [3.8, 4) is 17.6 Å². The Kier molecular flexibility index (Phi) is 8.01. The van der Waals surface area contributed by atoms with Gasteiger partial charge in [-0.15, -0.1) is 11.3 Å². The third-order valence-corrected chi connectivity index (χ3v) is 12.1. The number of aromatic nitrogens is 3. The lowest BCUT2D eigenvalue weighted by atomic mass is 9.71. The number of nitrogens with two attached hydrogens (primary N) is 1. The van der Waals surface area contributed by atoms with E-state index in [-0.39, 0.29) is 5.91 Å². The Bertz CT molecular complexity index is 1670. The molecule has 1 unspecified atom stereocenters. The minimum Gasteiger partial charge on any atom is -0.389 e. The van der Waals surface area contributed by atoms with Crippen molar-refractivity contribution in [2.45, 2.75) is 57.3 Å². The molecule has 1 aliphatic carbocycles. The van der Waals surface area contributed by atoms with Crippen LogP contribution in [-0.4, -0.2) is 90.2 Å². The molecule has 2 N–H and O–H groups in total. The van der Waals surface area contributed by atoms with Crippen LogP contribution in [0.3, 0.4) is 0 Å². The van der Waals surface area contributed by atoms with E-state index in [1.807, 2.05) is 11.0 Å². The summed E-state index contributed by atoms with van der Waals surface area (Å²) in [6.45, 7) is 12.7. The average molecular weight is 642 g/mol. The predicted molar refractivity (Wildman–Crippen MR) is 180 cm³/mol. The predicted octanol–water partition coefficient (Wildman–Crippen LogP) is 4.44. The van der Waals surface area contributed by atoms with Gasteiger partial charge >= 0.3 is 0 Å². The second kappa shape index (κ2) is 12.0. The molecule has 12 heteroatoms. The second-order valence-electron chi connectivity index (χ2n) is 13.7. The smallest absolute Gasteiger partial charge is 0.246 e. The van der Waals surface area contributed by atoms with E-state index < -0.39 is 5.41 Å². The van der Waals surface area contributed by atoms with Crippen molar-refractivity contribution in [3.63, 3.8) is 0 Å². The molecule has 3 aromatic rings. The summed E-state index contributed by atoms with van der Waals surface area (Å²) in [7, 11) is 2.22. The van der Waals surface area contributed by atoms with Crippen molar-refractivity contribution in [1.29, 1.82) is 5.26 Å². The normalized spacial score (nSPS) is 23.3. The maximum absolute atomic E-state index is 12.3. The first-order chi connectivity index (χ1) is 22.2. The number of pyridine rings is 1. The Balaban J connectivity index is 1.21. The number of aryl methyl sites for hydroxylation is 1. The summed E-state index contributed by atoms with van der Waals surface area (Å²) in [4.78, 5) is 32.5. The lowest BCUT2D eigenvalue weighted by Crippen LogP contribution is -2.48. The molecular weight excluding hydrogens is 599 g/mol. The van der Waals surface area contributed by atoms with Gasteiger partial charge in [0.15, 0.2) is 0 Å². The number of nitriles is 1. The highest BCUT2D eigenvalue weighted by Gasteiger charge is 2.43. The van der Waals surface area contributed by atoms with Crippen LogP contribution in [0.15, 0.2) is 29.3 Å². The van der Waals surface area contributed by atoms with E-state index in [9.17, 15) is 10.1 Å². The Morgan fingerprint density at radius 1 is 1.04 bits per heavy atom. The van der Waals surface area contributed by atoms with Crippen molar-refractivity contribution in [3.05, 3.63) is 46.7 Å². The minimum atomic E-state index is -0.596. The molecule has 11 nitrogen and oxygen atoms in total. The van der Waals surface area contributed by atoms with Gasteiger partial charge in [0.05, 0.1) is 11.0 Å². The molecule has 4 aliphatic rings. The number of thiophene rings is 1. The Labute approximate surface area is 274 Å². The molecule has 1 spiro atoms. The average Bonchev–Trinajstić information content (AvgIpc) is 3.72. The second-order valence-corrected chi connectivity index (χ2v) is 14.9. The van der Waals surface area contributed by atoms with Gasteiger partial charge in [-0.05, 0) is 89.6 Å². The Hall–Kier alpha value is -3.95. The summed E-state index contributed by atoms with van der Waals surface area (Å²) in [5.41, 5.74) is 9.28. The Morgan fingerprint density at radius 3 is 2.46 bits per heavy atom. The number of hydrogen-bond donors (Lipinski definition) is 1. The number of amides is 1. The summed E-state index contributed by atoms with van der Waals surface area (Å²) in [5.74, 6) is 1.83. The maximum Gasteiger partial charge on any atom is 0.246 e. The molecule has 3 fully saturated rings. The monoisotopic (exact) mass is 641 g/mol. The third kappa shape index (κ3) is 5.43. The van der Waals surface area contributed by atoms with Crippen LogP contribution >= 0.6 is 11.3 Å². The number of piperidine rings is 2. The summed E-state index contributed by atoms with van der Waals surface area (Å²) < 4.78 is 6.00. The van der Waals surface area contributed by atoms with Gasteiger partial charge in [-0.2, -0.15) is 10.2 Å². The van der Waals surface area contributed by atoms with Crippen molar-refractivity contribution >= 4 is 33.8 Å². The molecule has 0 saturated carbocycles. The van der Waals surface area contributed by atoms with Gasteiger partial charge in [-0.1, -0.05) is 11.7 Å². The summed E-state index contributed by atoms with van der Waals surface area (Å²) in [6, 6.07) is 6.56. The first-order valence-corrected chi connectivity index (χ1v) is 17.3. The Morgan fingerprint density at radius 2 is 1.76 bits per heavy atom. The lowest BCUT2D eigenvalue weighted by molar-refractivity contribution is -0.126. The van der Waals surface area contributed by atoms with E-state index in [1.165, 1.54) is 56.2 Å². The van der Waals surface area contributed by atoms with Gasteiger partial charge in [0, 0.05) is 61.5 Å². The number of carbonyl (C=O) groups is 1. The topological polar surface area (TPSA) is 132 Å². The van der Waals surface area contributed by atoms with Gasteiger partial charge in [0.1, 0.15) is 22.6 Å². The number of rotatable bonds is 5. The highest BCUT2D eigenvalue weighted by molar-refractivity contribution is 7.16. The van der Waals surface area contributed by atoms with Crippen molar-refractivity contribution in [1.82, 2.24) is 24.9 Å². The molecule has 6 heterocycles. The molecule has 3 saturated heterocycles. The molecule has 3 aliphatic heterocycles. The van der Waals surface area contributed by atoms with E-state index in [0.717, 1.165) is 54.3 Å². The number of nitrogen functional groups attached to an aromatic ring is 1. The van der Waals surface area contributed by atoms with E-state index in [0.29, 0.717) is 59.6 Å². The number of hydrogen-bond acceptors (Lipinski definition) is 11. The van der Waals surface area contributed by atoms with Crippen LogP contribution < -0.4 is 15.5 Å². The number of likely N-dealkylation sites (tertiary alicyclic amines) is 1. The van der Waals surface area contributed by atoms with E-state index >= 15 is 0 Å². The van der Waals surface area contributed by atoms with Gasteiger partial charge in [0.2, 0.25) is 17.6 Å². The van der Waals surface area contributed by atoms with Crippen molar-refractivity contribution in [2.75, 3.05) is 74.9 Å². The number of carbonyl (C=O) groups excluding carboxylic acids is 1. The maximum atomic E-state index is 12.3. The van der Waals surface area contributed by atoms with Crippen molar-refractivity contribution < 1.29 is 9.32 Å². The van der Waals surface area contributed by atoms with Crippen molar-refractivity contribution in [2.24, 2.45) is 5.41 Å². The largest absolute Gasteiger partial charge is 0.389 e. The highest BCUT2D eigenvalue weighted by Crippen LogP contribution is 2.49. The number of piperazine rings is 1. The zero-order valence-corrected chi connectivity index (χ0v) is 27.7. The first kappa shape index (κ1) is 30.7. The molecule has 7 rings (SSSR count). The fourth-order valence-electron chi connectivity index (χ4n) is 7.94. The minimum absolute atomic E-state index is 0.0301. The molecule has 46 heavy (non-hydrogen) atoms. The fourth-order valence-corrected chi connectivity index (χ4v) is 9.13. The molecule has 242 valence electrons. The van der Waals surface area contributed by atoms with E-state index in [2.05, 4.69) is 52.5 Å². The van der Waals surface area contributed by atoms with Crippen LogP contribution in [0.5, 0.6) is 0 Å². The van der Waals surface area contributed by atoms with Crippen LogP contribution in [0.4, 0.5) is 16.5 Å². The molecular formula is C34H43N9O2S. The van der Waals surface area contributed by atoms with Gasteiger partial charge in [-0.25, -0.2) is 4.98 Å². The standard InChI is InChI=1S/C34H43N9O2S/c1-4-28(44)43-18-16-41(17-19-43)23-20-25(37-27(21-23)42-14-10-34(11-15-42)8-12-40(3)13-9-34)31-38-32(45-39-31)33(2)7-5-6-26-29(33)24(22-35)30(36)46-26/h4,20-21H,1,5-19,36H2,2-3H3. The molecule has 0 radical (unpaired) electrons. The number of fused-ring (bicyclic) bond motifs is 1. The fraction of sp³-hybridized carbons (Fsp3) is 0.559. The van der Waals surface area contributed by atoms with Crippen LogP contribution in [-0.2, 0) is 16.6 Å². The van der Waals surface area contributed by atoms with Crippen LogP contribution in [0, 0.1) is 16.7 Å². The first-order valence-electron chi connectivity index (χ1n) is 16.5.